The van der Waals surface area contributed by atoms with Crippen LogP contribution in [0.25, 0.3) is 0 Å². The van der Waals surface area contributed by atoms with Crippen molar-refractivity contribution in [2.24, 2.45) is 0 Å². The summed E-state index contributed by atoms with van der Waals surface area (Å²) in [5.41, 5.74) is 2.04. The fourth-order valence-corrected chi connectivity index (χ4v) is 5.80. The second-order valence-corrected chi connectivity index (χ2v) is 10.5. The van der Waals surface area contributed by atoms with Gasteiger partial charge in [-0.3, -0.25) is 0 Å². The van der Waals surface area contributed by atoms with Crippen LogP contribution in [0.4, 0.5) is 0 Å². The first-order valence-corrected chi connectivity index (χ1v) is 12.2. The van der Waals surface area contributed by atoms with Crippen molar-refractivity contribution in [3.05, 3.63) is 103 Å². The monoisotopic (exact) mass is 453 g/mol. The quantitative estimate of drug-likeness (QED) is 0.323. The normalized spacial score (nSPS) is 13.4. The van der Waals surface area contributed by atoms with Gasteiger partial charge in [0, 0.05) is 11.4 Å². The van der Waals surface area contributed by atoms with Crippen LogP contribution in [0.15, 0.2) is 101 Å². The van der Waals surface area contributed by atoms with E-state index in [4.69, 9.17) is 4.74 Å². The standard InChI is InChI=1S/C25H27NO3S2/c1-4-18-25(21-8-6-5-7-9-21,30-23-14-12-22(29-3)13-15-23)19-26-31(27,28)24-16-10-20(2)11-17-24/h4-17,26H,1,18-19H2,2-3H3. The van der Waals surface area contributed by atoms with Crippen LogP contribution in [0.3, 0.4) is 0 Å². The molecular weight excluding hydrogens is 426 g/mol. The summed E-state index contributed by atoms with van der Waals surface area (Å²) >= 11 is 1.62. The van der Waals surface area contributed by atoms with Gasteiger partial charge in [-0.25, -0.2) is 13.1 Å². The number of hydrogen-bond donors (Lipinski definition) is 1. The second-order valence-electron chi connectivity index (χ2n) is 7.27. The molecular formula is C25H27NO3S2. The Hall–Kier alpha value is -2.54. The zero-order valence-corrected chi connectivity index (χ0v) is 19.4. The third kappa shape index (κ3) is 5.79. The molecule has 0 spiro atoms. The van der Waals surface area contributed by atoms with Crippen molar-refractivity contribution in [3.8, 4) is 5.75 Å². The van der Waals surface area contributed by atoms with Crippen molar-refractivity contribution in [2.45, 2.75) is 27.9 Å². The molecule has 4 nitrogen and oxygen atoms in total. The Morgan fingerprint density at radius 2 is 1.65 bits per heavy atom. The minimum Gasteiger partial charge on any atom is -0.497 e. The number of aryl methyl sites for hydroxylation is 1. The predicted octanol–water partition coefficient (Wildman–Crippen LogP) is 5.55. The number of ether oxygens (including phenoxy) is 1. The van der Waals surface area contributed by atoms with E-state index in [9.17, 15) is 8.42 Å². The summed E-state index contributed by atoms with van der Waals surface area (Å²) in [5.74, 6) is 0.776. The van der Waals surface area contributed by atoms with Gasteiger partial charge in [-0.05, 0) is 55.3 Å². The molecule has 0 fully saturated rings. The molecule has 0 radical (unpaired) electrons. The number of benzene rings is 3. The third-order valence-electron chi connectivity index (χ3n) is 5.03. The van der Waals surface area contributed by atoms with Gasteiger partial charge in [0.05, 0.1) is 16.8 Å². The maximum Gasteiger partial charge on any atom is 0.240 e. The van der Waals surface area contributed by atoms with Crippen LogP contribution in [-0.4, -0.2) is 22.1 Å². The number of nitrogens with one attached hydrogen (secondary N) is 1. The highest BCUT2D eigenvalue weighted by molar-refractivity contribution is 8.00. The highest BCUT2D eigenvalue weighted by Crippen LogP contribution is 2.44. The van der Waals surface area contributed by atoms with Crippen LogP contribution in [0.2, 0.25) is 0 Å². The minimum absolute atomic E-state index is 0.218. The van der Waals surface area contributed by atoms with Crippen molar-refractivity contribution >= 4 is 21.8 Å². The van der Waals surface area contributed by atoms with Gasteiger partial charge in [0.2, 0.25) is 10.0 Å². The number of thioether (sulfide) groups is 1. The molecule has 0 heterocycles. The Bertz CT molecular complexity index is 1100. The lowest BCUT2D eigenvalue weighted by atomic mass is 9.95. The van der Waals surface area contributed by atoms with Gasteiger partial charge in [-0.2, -0.15) is 0 Å². The lowest BCUT2D eigenvalue weighted by Crippen LogP contribution is -2.38. The molecule has 0 bridgehead atoms. The fourth-order valence-electron chi connectivity index (χ4n) is 3.29. The molecule has 162 valence electrons. The molecule has 3 aromatic rings. The number of sulfonamides is 1. The topological polar surface area (TPSA) is 55.4 Å². The van der Waals surface area contributed by atoms with E-state index in [-0.39, 0.29) is 11.4 Å². The van der Waals surface area contributed by atoms with E-state index in [0.717, 1.165) is 21.8 Å². The molecule has 0 amide bonds. The molecule has 6 heteroatoms. The Labute approximate surface area is 189 Å². The molecule has 31 heavy (non-hydrogen) atoms. The second kappa shape index (κ2) is 10.2. The van der Waals surface area contributed by atoms with Gasteiger partial charge < -0.3 is 4.74 Å². The molecule has 3 aromatic carbocycles. The SMILES string of the molecule is C=CCC(CNS(=O)(=O)c1ccc(C)cc1)(Sc1ccc(OC)cc1)c1ccccc1. The van der Waals surface area contributed by atoms with Gasteiger partial charge in [0.25, 0.3) is 0 Å². The summed E-state index contributed by atoms with van der Waals surface area (Å²) in [5, 5.41) is 0. The highest BCUT2D eigenvalue weighted by atomic mass is 32.2. The number of methoxy groups -OCH3 is 1. The van der Waals surface area contributed by atoms with E-state index in [1.54, 1.807) is 43.1 Å². The maximum absolute atomic E-state index is 13.0. The van der Waals surface area contributed by atoms with Crippen LogP contribution in [0.5, 0.6) is 5.75 Å². The Balaban J connectivity index is 1.95. The zero-order valence-electron chi connectivity index (χ0n) is 17.7. The van der Waals surface area contributed by atoms with E-state index < -0.39 is 14.8 Å². The minimum atomic E-state index is -3.66. The Kier molecular flexibility index (Phi) is 7.59. The first kappa shape index (κ1) is 23.1. The summed E-state index contributed by atoms with van der Waals surface area (Å²) in [7, 11) is -2.02. The molecule has 0 aromatic heterocycles. The van der Waals surface area contributed by atoms with E-state index in [0.29, 0.717) is 6.42 Å². The maximum atomic E-state index is 13.0. The molecule has 3 rings (SSSR count). The molecule has 1 unspecified atom stereocenters. The molecule has 1 atom stereocenters. The van der Waals surface area contributed by atoms with Crippen molar-refractivity contribution in [1.29, 1.82) is 0 Å². The first-order chi connectivity index (χ1) is 14.9. The first-order valence-electron chi connectivity index (χ1n) is 9.94. The highest BCUT2D eigenvalue weighted by Gasteiger charge is 2.34. The van der Waals surface area contributed by atoms with Crippen LogP contribution in [0.1, 0.15) is 17.5 Å². The lowest BCUT2D eigenvalue weighted by molar-refractivity contribution is 0.414. The summed E-state index contributed by atoms with van der Waals surface area (Å²) in [6.07, 6.45) is 2.42. The van der Waals surface area contributed by atoms with Gasteiger partial charge in [-0.15, -0.1) is 18.3 Å². The summed E-state index contributed by atoms with van der Waals surface area (Å²) in [6, 6.07) is 24.6. The van der Waals surface area contributed by atoms with Crippen molar-refractivity contribution in [1.82, 2.24) is 4.72 Å². The summed E-state index contributed by atoms with van der Waals surface area (Å²) in [4.78, 5) is 1.27. The van der Waals surface area contributed by atoms with Gasteiger partial charge in [-0.1, -0.05) is 54.1 Å². The van der Waals surface area contributed by atoms with E-state index in [2.05, 4.69) is 11.3 Å². The van der Waals surface area contributed by atoms with Crippen molar-refractivity contribution in [3.63, 3.8) is 0 Å². The Morgan fingerprint density at radius 3 is 2.23 bits per heavy atom. The average Bonchev–Trinajstić information content (AvgIpc) is 2.79. The fraction of sp³-hybridized carbons (Fsp3) is 0.200. The van der Waals surface area contributed by atoms with E-state index in [1.807, 2.05) is 67.6 Å². The molecule has 0 saturated heterocycles. The van der Waals surface area contributed by atoms with Crippen molar-refractivity contribution < 1.29 is 13.2 Å². The smallest absolute Gasteiger partial charge is 0.240 e. The third-order valence-corrected chi connectivity index (χ3v) is 7.89. The molecule has 0 aliphatic carbocycles. The van der Waals surface area contributed by atoms with Crippen LogP contribution < -0.4 is 9.46 Å². The summed E-state index contributed by atoms with van der Waals surface area (Å²) in [6.45, 7) is 6.09. The predicted molar refractivity (Wildman–Crippen MR) is 128 cm³/mol. The van der Waals surface area contributed by atoms with Crippen LogP contribution in [0, 0.1) is 6.92 Å². The number of hydrogen-bond acceptors (Lipinski definition) is 4. The van der Waals surface area contributed by atoms with Crippen LogP contribution in [-0.2, 0) is 14.8 Å². The largest absolute Gasteiger partial charge is 0.497 e. The average molecular weight is 454 g/mol. The van der Waals surface area contributed by atoms with Gasteiger partial charge >= 0.3 is 0 Å². The molecule has 1 N–H and O–H groups in total. The van der Waals surface area contributed by atoms with E-state index in [1.165, 1.54) is 0 Å². The summed E-state index contributed by atoms with van der Waals surface area (Å²) < 4.78 is 33.5. The van der Waals surface area contributed by atoms with E-state index >= 15 is 0 Å². The zero-order chi connectivity index (χ0) is 22.3. The van der Waals surface area contributed by atoms with Crippen LogP contribution >= 0.6 is 11.8 Å². The molecule has 0 aliphatic rings. The number of allylic oxidation sites excluding steroid dienone is 1. The van der Waals surface area contributed by atoms with Crippen molar-refractivity contribution in [2.75, 3.05) is 13.7 Å². The molecule has 0 aliphatic heterocycles. The Morgan fingerprint density at radius 1 is 1.00 bits per heavy atom. The van der Waals surface area contributed by atoms with Gasteiger partial charge in [0.1, 0.15) is 5.75 Å². The number of rotatable bonds is 10. The lowest BCUT2D eigenvalue weighted by Gasteiger charge is -2.33. The molecule has 0 saturated carbocycles. The van der Waals surface area contributed by atoms with Gasteiger partial charge in [0.15, 0.2) is 0 Å².